The monoisotopic (exact) mass is 215 g/mol. The second-order valence-electron chi connectivity index (χ2n) is 2.96. The fraction of sp³-hybridized carbons (Fsp3) is 0.857. The lowest BCUT2D eigenvalue weighted by Crippen LogP contribution is -2.44. The first-order valence-corrected chi connectivity index (χ1v) is 3.85. The van der Waals surface area contributed by atoms with Crippen LogP contribution in [0.2, 0.25) is 0 Å². The van der Waals surface area contributed by atoms with Crippen LogP contribution in [0.25, 0.3) is 0 Å². The average molecular weight is 216 g/mol. The first-order chi connectivity index (χ1) is 5.61. The second-order valence-corrected chi connectivity index (χ2v) is 2.96. The minimum absolute atomic E-state index is 0. The van der Waals surface area contributed by atoms with Crippen LogP contribution in [0.15, 0.2) is 0 Å². The van der Waals surface area contributed by atoms with Crippen LogP contribution in [-0.2, 0) is 4.79 Å². The van der Waals surface area contributed by atoms with Gasteiger partial charge in [-0.05, 0) is 19.4 Å². The topological polar surface area (TPSA) is 49.3 Å². The highest BCUT2D eigenvalue weighted by molar-refractivity contribution is 5.85. The Balaban J connectivity index is 0.00000144. The van der Waals surface area contributed by atoms with Gasteiger partial charge in [-0.2, -0.15) is 0 Å². The molecule has 1 heterocycles. The molecule has 0 aromatic rings. The molecule has 0 radical (unpaired) electrons. The van der Waals surface area contributed by atoms with Gasteiger partial charge in [0.25, 0.3) is 0 Å². The van der Waals surface area contributed by atoms with Crippen LogP contribution >= 0.6 is 12.4 Å². The molecule has 0 spiro atoms. The third kappa shape index (κ3) is 3.44. The molecule has 2 N–H and O–H groups in total. The van der Waals surface area contributed by atoms with Crippen molar-refractivity contribution in [3.8, 4) is 0 Å². The summed E-state index contributed by atoms with van der Waals surface area (Å²) in [5, 5.41) is 11.2. The standard InChI is InChI=1S/C7H11F2NO2.ClH/c8-6(9)4-1-2-10-5(3-4)7(11)12;/h4-6,10H,1-3H2,(H,11,12);1H/t4-,5+;/m0./s1. The Morgan fingerprint density at radius 1 is 1.54 bits per heavy atom. The smallest absolute Gasteiger partial charge is 0.320 e. The van der Waals surface area contributed by atoms with Crippen molar-refractivity contribution >= 4 is 18.4 Å². The van der Waals surface area contributed by atoms with Gasteiger partial charge < -0.3 is 10.4 Å². The molecule has 0 aromatic heterocycles. The minimum atomic E-state index is -2.39. The molecule has 0 bridgehead atoms. The number of rotatable bonds is 2. The molecular formula is C7H12ClF2NO2. The number of hydrogen-bond donors (Lipinski definition) is 2. The lowest BCUT2D eigenvalue weighted by atomic mass is 9.93. The van der Waals surface area contributed by atoms with E-state index in [1.54, 1.807) is 0 Å². The summed E-state index contributed by atoms with van der Waals surface area (Å²) < 4.78 is 24.3. The maximum absolute atomic E-state index is 12.1. The fourth-order valence-electron chi connectivity index (χ4n) is 1.36. The van der Waals surface area contributed by atoms with Crippen LogP contribution in [0.4, 0.5) is 8.78 Å². The number of nitrogens with one attached hydrogen (secondary N) is 1. The van der Waals surface area contributed by atoms with Gasteiger partial charge in [-0.15, -0.1) is 12.4 Å². The Labute approximate surface area is 80.9 Å². The summed E-state index contributed by atoms with van der Waals surface area (Å²) in [5.74, 6) is -1.80. The van der Waals surface area contributed by atoms with E-state index in [4.69, 9.17) is 5.11 Å². The summed E-state index contributed by atoms with van der Waals surface area (Å²) in [6.45, 7) is 0.367. The zero-order valence-electron chi connectivity index (χ0n) is 6.87. The number of halogens is 3. The summed E-state index contributed by atoms with van der Waals surface area (Å²) >= 11 is 0. The molecule has 6 heteroatoms. The van der Waals surface area contributed by atoms with Crippen molar-refractivity contribution in [3.63, 3.8) is 0 Å². The molecular weight excluding hydrogens is 204 g/mol. The Morgan fingerprint density at radius 2 is 2.15 bits per heavy atom. The number of piperidine rings is 1. The highest BCUT2D eigenvalue weighted by Crippen LogP contribution is 2.22. The van der Waals surface area contributed by atoms with Gasteiger partial charge in [0.15, 0.2) is 0 Å². The average Bonchev–Trinajstić information content (AvgIpc) is 2.04. The number of carboxylic acid groups (broad SMARTS) is 1. The summed E-state index contributed by atoms with van der Waals surface area (Å²) in [5.41, 5.74) is 0. The van der Waals surface area contributed by atoms with Crippen LogP contribution in [0.3, 0.4) is 0 Å². The quantitative estimate of drug-likeness (QED) is 0.726. The molecule has 1 aliphatic rings. The molecule has 78 valence electrons. The van der Waals surface area contributed by atoms with Crippen LogP contribution in [0.1, 0.15) is 12.8 Å². The van der Waals surface area contributed by atoms with Crippen molar-refractivity contribution in [2.24, 2.45) is 5.92 Å². The van der Waals surface area contributed by atoms with E-state index in [-0.39, 0.29) is 18.8 Å². The Kier molecular flexibility index (Phi) is 5.17. The predicted molar refractivity (Wildman–Crippen MR) is 45.4 cm³/mol. The molecule has 0 unspecified atom stereocenters. The molecule has 13 heavy (non-hydrogen) atoms. The van der Waals surface area contributed by atoms with Gasteiger partial charge in [0, 0.05) is 5.92 Å². The van der Waals surface area contributed by atoms with Gasteiger partial charge in [0.05, 0.1) is 0 Å². The lowest BCUT2D eigenvalue weighted by molar-refractivity contribution is -0.141. The van der Waals surface area contributed by atoms with E-state index in [1.165, 1.54) is 0 Å². The van der Waals surface area contributed by atoms with Crippen LogP contribution < -0.4 is 5.32 Å². The molecule has 0 aliphatic carbocycles. The van der Waals surface area contributed by atoms with Gasteiger partial charge in [-0.3, -0.25) is 4.79 Å². The van der Waals surface area contributed by atoms with E-state index in [0.29, 0.717) is 13.0 Å². The van der Waals surface area contributed by atoms with Gasteiger partial charge >= 0.3 is 5.97 Å². The molecule has 1 fully saturated rings. The SMILES string of the molecule is Cl.O=C(O)[C@H]1C[C@@H](C(F)F)CCN1. The van der Waals surface area contributed by atoms with Gasteiger partial charge in [-0.25, -0.2) is 8.78 Å². The van der Waals surface area contributed by atoms with E-state index in [1.807, 2.05) is 0 Å². The summed E-state index contributed by atoms with van der Waals surface area (Å²) in [6.07, 6.45) is -2.00. The number of carboxylic acids is 1. The van der Waals surface area contributed by atoms with Crippen molar-refractivity contribution in [1.82, 2.24) is 5.32 Å². The summed E-state index contributed by atoms with van der Waals surface area (Å²) in [7, 11) is 0. The second kappa shape index (κ2) is 5.34. The molecule has 0 amide bonds. The molecule has 1 saturated heterocycles. The lowest BCUT2D eigenvalue weighted by Gasteiger charge is -2.26. The molecule has 3 nitrogen and oxygen atoms in total. The molecule has 0 aromatic carbocycles. The van der Waals surface area contributed by atoms with Crippen molar-refractivity contribution < 1.29 is 18.7 Å². The molecule has 1 aliphatic heterocycles. The van der Waals surface area contributed by atoms with Crippen LogP contribution in [-0.4, -0.2) is 30.1 Å². The number of carbonyl (C=O) groups is 1. The van der Waals surface area contributed by atoms with E-state index in [0.717, 1.165) is 0 Å². The molecule has 2 atom stereocenters. The summed E-state index contributed by atoms with van der Waals surface area (Å²) in [4.78, 5) is 10.4. The fourth-order valence-corrected chi connectivity index (χ4v) is 1.36. The van der Waals surface area contributed by atoms with Gasteiger partial charge in [0.2, 0.25) is 6.43 Å². The number of hydrogen-bond acceptors (Lipinski definition) is 2. The maximum atomic E-state index is 12.1. The summed E-state index contributed by atoms with van der Waals surface area (Å²) in [6, 6.07) is -0.794. The van der Waals surface area contributed by atoms with Crippen molar-refractivity contribution in [2.75, 3.05) is 6.54 Å². The zero-order valence-corrected chi connectivity index (χ0v) is 7.69. The van der Waals surface area contributed by atoms with E-state index >= 15 is 0 Å². The Hall–Kier alpha value is -0.420. The number of aliphatic carboxylic acids is 1. The molecule has 0 saturated carbocycles. The number of alkyl halides is 2. The van der Waals surface area contributed by atoms with E-state index in [9.17, 15) is 13.6 Å². The van der Waals surface area contributed by atoms with E-state index in [2.05, 4.69) is 5.32 Å². The maximum Gasteiger partial charge on any atom is 0.320 e. The predicted octanol–water partition coefficient (Wildman–Crippen LogP) is 1.13. The van der Waals surface area contributed by atoms with Gasteiger partial charge in [-0.1, -0.05) is 0 Å². The molecule has 1 rings (SSSR count). The first kappa shape index (κ1) is 12.6. The van der Waals surface area contributed by atoms with E-state index < -0.39 is 24.4 Å². The van der Waals surface area contributed by atoms with Crippen LogP contribution in [0, 0.1) is 5.92 Å². The van der Waals surface area contributed by atoms with Crippen molar-refractivity contribution in [1.29, 1.82) is 0 Å². The third-order valence-electron chi connectivity index (χ3n) is 2.10. The van der Waals surface area contributed by atoms with Crippen molar-refractivity contribution in [2.45, 2.75) is 25.3 Å². The minimum Gasteiger partial charge on any atom is -0.480 e. The highest BCUT2D eigenvalue weighted by Gasteiger charge is 2.31. The van der Waals surface area contributed by atoms with Crippen LogP contribution in [0.5, 0.6) is 0 Å². The Bertz CT molecular complexity index is 180. The first-order valence-electron chi connectivity index (χ1n) is 3.85. The normalized spacial score (nSPS) is 28.2. The zero-order chi connectivity index (χ0) is 9.14. The Morgan fingerprint density at radius 3 is 2.62 bits per heavy atom. The largest absolute Gasteiger partial charge is 0.480 e. The highest BCUT2D eigenvalue weighted by atomic mass is 35.5. The van der Waals surface area contributed by atoms with Gasteiger partial charge in [0.1, 0.15) is 6.04 Å². The van der Waals surface area contributed by atoms with Crippen molar-refractivity contribution in [3.05, 3.63) is 0 Å². The third-order valence-corrected chi connectivity index (χ3v) is 2.10.